The van der Waals surface area contributed by atoms with Gasteiger partial charge in [0.05, 0.1) is 16.7 Å². The summed E-state index contributed by atoms with van der Waals surface area (Å²) in [4.78, 5) is 14.2. The highest BCUT2D eigenvalue weighted by molar-refractivity contribution is 8.00. The van der Waals surface area contributed by atoms with Gasteiger partial charge in [0, 0.05) is 5.69 Å². The zero-order valence-corrected chi connectivity index (χ0v) is 20.9. The molecule has 0 aliphatic carbocycles. The van der Waals surface area contributed by atoms with Crippen molar-refractivity contribution >= 4 is 34.7 Å². The number of aryl methyl sites for hydroxylation is 1. The van der Waals surface area contributed by atoms with Crippen LogP contribution in [-0.2, 0) is 11.3 Å². The third-order valence-electron chi connectivity index (χ3n) is 5.47. The summed E-state index contributed by atoms with van der Waals surface area (Å²) in [7, 11) is 0. The van der Waals surface area contributed by atoms with Crippen molar-refractivity contribution in [2.24, 2.45) is 0 Å². The maximum Gasteiger partial charge on any atom is 0.237 e. The molecule has 1 N–H and O–H groups in total. The predicted octanol–water partition coefficient (Wildman–Crippen LogP) is 6.61. The Morgan fingerprint density at radius 3 is 2.52 bits per heavy atom. The molecule has 0 bridgehead atoms. The maximum atomic E-state index is 13.2. The van der Waals surface area contributed by atoms with Crippen LogP contribution in [0.2, 0.25) is 0 Å². The summed E-state index contributed by atoms with van der Waals surface area (Å²) >= 11 is 3.07. The van der Waals surface area contributed by atoms with Crippen molar-refractivity contribution in [3.8, 4) is 10.7 Å². The lowest BCUT2D eigenvalue weighted by atomic mass is 9.98. The Kier molecular flexibility index (Phi) is 7.30. The van der Waals surface area contributed by atoms with Gasteiger partial charge < -0.3 is 5.32 Å². The average Bonchev–Trinajstić information content (AvgIpc) is 3.46. The SMILES string of the molecule is Cc1cccc(C(C)C)c1NC(=O)C(C)Sc1nnc(-c2cccs2)n1Cc1ccccc1. The molecule has 0 aliphatic heterocycles. The highest BCUT2D eigenvalue weighted by Gasteiger charge is 2.23. The molecule has 33 heavy (non-hydrogen) atoms. The summed E-state index contributed by atoms with van der Waals surface area (Å²) in [6.45, 7) is 8.87. The number of para-hydroxylation sites is 1. The minimum atomic E-state index is -0.334. The maximum absolute atomic E-state index is 13.2. The van der Waals surface area contributed by atoms with Crippen molar-refractivity contribution in [1.82, 2.24) is 14.8 Å². The minimum Gasteiger partial charge on any atom is -0.325 e. The van der Waals surface area contributed by atoms with Crippen LogP contribution in [0.5, 0.6) is 0 Å². The lowest BCUT2D eigenvalue weighted by Gasteiger charge is -2.18. The highest BCUT2D eigenvalue weighted by Crippen LogP contribution is 2.32. The standard InChI is InChI=1S/C26H28N4OS2/c1-17(2)21-13-8-10-18(3)23(21)27-25(31)19(4)33-26-29-28-24(22-14-9-15-32-22)30(26)16-20-11-6-5-7-12-20/h5-15,17,19H,16H2,1-4H3,(H,27,31). The second-order valence-corrected chi connectivity index (χ2v) is 10.6. The smallest absolute Gasteiger partial charge is 0.237 e. The number of nitrogens with zero attached hydrogens (tertiary/aromatic N) is 3. The van der Waals surface area contributed by atoms with Gasteiger partial charge in [-0.1, -0.05) is 80.2 Å². The Morgan fingerprint density at radius 2 is 1.82 bits per heavy atom. The van der Waals surface area contributed by atoms with Crippen LogP contribution < -0.4 is 5.32 Å². The number of carbonyl (C=O) groups is 1. The first kappa shape index (κ1) is 23.3. The summed E-state index contributed by atoms with van der Waals surface area (Å²) in [6, 6.07) is 20.5. The van der Waals surface area contributed by atoms with Crippen LogP contribution in [0, 0.1) is 6.92 Å². The van der Waals surface area contributed by atoms with Gasteiger partial charge in [-0.2, -0.15) is 0 Å². The second-order valence-electron chi connectivity index (χ2n) is 8.30. The minimum absolute atomic E-state index is 0.0388. The van der Waals surface area contributed by atoms with Gasteiger partial charge in [-0.25, -0.2) is 0 Å². The van der Waals surface area contributed by atoms with E-state index in [4.69, 9.17) is 0 Å². The van der Waals surface area contributed by atoms with Crippen molar-refractivity contribution in [2.75, 3.05) is 5.32 Å². The lowest BCUT2D eigenvalue weighted by Crippen LogP contribution is -2.24. The molecule has 2 aromatic carbocycles. The summed E-state index contributed by atoms with van der Waals surface area (Å²) in [6.07, 6.45) is 0. The molecule has 0 saturated heterocycles. The Bertz CT molecular complexity index is 1220. The van der Waals surface area contributed by atoms with Gasteiger partial charge in [-0.3, -0.25) is 9.36 Å². The average molecular weight is 477 g/mol. The summed E-state index contributed by atoms with van der Waals surface area (Å²) in [5, 5.41) is 14.5. The molecular weight excluding hydrogens is 448 g/mol. The molecule has 0 radical (unpaired) electrons. The Morgan fingerprint density at radius 1 is 1.03 bits per heavy atom. The van der Waals surface area contributed by atoms with E-state index >= 15 is 0 Å². The van der Waals surface area contributed by atoms with Crippen molar-refractivity contribution in [2.45, 2.75) is 50.6 Å². The normalized spacial score (nSPS) is 12.2. The molecular formula is C26H28N4OS2. The van der Waals surface area contributed by atoms with E-state index in [-0.39, 0.29) is 11.2 Å². The van der Waals surface area contributed by atoms with Gasteiger partial charge in [-0.05, 0) is 47.9 Å². The van der Waals surface area contributed by atoms with E-state index in [1.165, 1.54) is 11.8 Å². The molecule has 0 saturated carbocycles. The summed E-state index contributed by atoms with van der Waals surface area (Å²) in [5.74, 6) is 1.11. The van der Waals surface area contributed by atoms with Crippen LogP contribution >= 0.6 is 23.1 Å². The van der Waals surface area contributed by atoms with Crippen molar-refractivity contribution in [3.05, 3.63) is 82.7 Å². The van der Waals surface area contributed by atoms with Gasteiger partial charge in [0.1, 0.15) is 0 Å². The fourth-order valence-electron chi connectivity index (χ4n) is 3.65. The van der Waals surface area contributed by atoms with Crippen LogP contribution in [-0.4, -0.2) is 25.9 Å². The number of thioether (sulfide) groups is 1. The zero-order valence-electron chi connectivity index (χ0n) is 19.3. The van der Waals surface area contributed by atoms with Crippen LogP contribution in [0.4, 0.5) is 5.69 Å². The van der Waals surface area contributed by atoms with E-state index in [0.717, 1.165) is 38.2 Å². The van der Waals surface area contributed by atoms with Gasteiger partial charge in [0.15, 0.2) is 11.0 Å². The third kappa shape index (κ3) is 5.37. The summed E-state index contributed by atoms with van der Waals surface area (Å²) < 4.78 is 2.10. The molecule has 5 nitrogen and oxygen atoms in total. The van der Waals surface area contributed by atoms with Crippen LogP contribution in [0.3, 0.4) is 0 Å². The van der Waals surface area contributed by atoms with E-state index in [1.54, 1.807) is 11.3 Å². The molecule has 0 fully saturated rings. The van der Waals surface area contributed by atoms with E-state index in [0.29, 0.717) is 12.5 Å². The first-order valence-corrected chi connectivity index (χ1v) is 12.8. The molecule has 170 valence electrons. The molecule has 2 aromatic heterocycles. The predicted molar refractivity (Wildman–Crippen MR) is 138 cm³/mol. The Labute approximate surface area is 203 Å². The molecule has 4 rings (SSSR count). The molecule has 1 unspecified atom stereocenters. The second kappa shape index (κ2) is 10.4. The Balaban J connectivity index is 1.58. The third-order valence-corrected chi connectivity index (χ3v) is 7.41. The largest absolute Gasteiger partial charge is 0.325 e. The fourth-order valence-corrected chi connectivity index (χ4v) is 5.22. The number of amides is 1. The number of nitrogens with one attached hydrogen (secondary N) is 1. The van der Waals surface area contributed by atoms with E-state index < -0.39 is 0 Å². The molecule has 1 atom stereocenters. The number of benzene rings is 2. The van der Waals surface area contributed by atoms with Gasteiger partial charge >= 0.3 is 0 Å². The van der Waals surface area contributed by atoms with E-state index in [2.05, 4.69) is 52.1 Å². The van der Waals surface area contributed by atoms with Crippen molar-refractivity contribution < 1.29 is 4.79 Å². The van der Waals surface area contributed by atoms with Crippen LogP contribution in [0.1, 0.15) is 43.4 Å². The van der Waals surface area contributed by atoms with Gasteiger partial charge in [-0.15, -0.1) is 21.5 Å². The number of aromatic nitrogens is 3. The molecule has 2 heterocycles. The number of anilines is 1. The van der Waals surface area contributed by atoms with Gasteiger partial charge in [0.25, 0.3) is 0 Å². The number of hydrogen-bond acceptors (Lipinski definition) is 5. The van der Waals surface area contributed by atoms with Crippen molar-refractivity contribution in [1.29, 1.82) is 0 Å². The van der Waals surface area contributed by atoms with E-state index in [9.17, 15) is 4.79 Å². The first-order valence-electron chi connectivity index (χ1n) is 11.0. The zero-order chi connectivity index (χ0) is 23.4. The summed E-state index contributed by atoms with van der Waals surface area (Å²) in [5.41, 5.74) is 4.29. The van der Waals surface area contributed by atoms with Crippen LogP contribution in [0.25, 0.3) is 10.7 Å². The quantitative estimate of drug-likeness (QED) is 0.291. The van der Waals surface area contributed by atoms with Crippen molar-refractivity contribution in [3.63, 3.8) is 0 Å². The fraction of sp³-hybridized carbons (Fsp3) is 0.269. The number of carbonyl (C=O) groups excluding carboxylic acids is 1. The highest BCUT2D eigenvalue weighted by atomic mass is 32.2. The van der Waals surface area contributed by atoms with Gasteiger partial charge in [0.2, 0.25) is 5.91 Å². The lowest BCUT2D eigenvalue weighted by molar-refractivity contribution is -0.115. The molecule has 0 aliphatic rings. The number of rotatable bonds is 8. The molecule has 1 amide bonds. The number of hydrogen-bond donors (Lipinski definition) is 1. The number of thiophene rings is 1. The van der Waals surface area contributed by atoms with E-state index in [1.807, 2.05) is 61.7 Å². The van der Waals surface area contributed by atoms with Crippen LogP contribution in [0.15, 0.2) is 71.2 Å². The monoisotopic (exact) mass is 476 g/mol. The molecule has 7 heteroatoms. The Hall–Kier alpha value is -2.90. The molecule has 0 spiro atoms. The topological polar surface area (TPSA) is 59.8 Å². The molecule has 4 aromatic rings. The first-order chi connectivity index (χ1) is 15.9.